The Kier molecular flexibility index (Phi) is 5.47. The number of rotatable bonds is 5. The standard InChI is InChI=1S/C21H21NO3S/c1-3-22(20(23)16-11-9-14(2)10-12-16)17-13-18(26-19(17)21(24)25)15-7-5-4-6-8-15/h4-12,18H,3,13H2,1-2H3,(H,24,25). The summed E-state index contributed by atoms with van der Waals surface area (Å²) in [5.74, 6) is -1.13. The van der Waals surface area contributed by atoms with Gasteiger partial charge in [0.1, 0.15) is 4.91 Å². The van der Waals surface area contributed by atoms with Crippen molar-refractivity contribution in [2.45, 2.75) is 25.5 Å². The molecule has 2 aromatic carbocycles. The molecule has 1 unspecified atom stereocenters. The van der Waals surface area contributed by atoms with Gasteiger partial charge in [0.15, 0.2) is 0 Å². The zero-order chi connectivity index (χ0) is 18.7. The second-order valence-corrected chi connectivity index (χ2v) is 7.43. The Balaban J connectivity index is 1.92. The number of hydrogen-bond acceptors (Lipinski definition) is 3. The Morgan fingerprint density at radius 2 is 1.77 bits per heavy atom. The van der Waals surface area contributed by atoms with E-state index >= 15 is 0 Å². The number of carbonyl (C=O) groups excluding carboxylic acids is 1. The molecule has 0 fully saturated rings. The van der Waals surface area contributed by atoms with Crippen LogP contribution in [0.5, 0.6) is 0 Å². The number of carboxylic acid groups (broad SMARTS) is 1. The first-order valence-corrected chi connectivity index (χ1v) is 9.45. The van der Waals surface area contributed by atoms with E-state index in [9.17, 15) is 14.7 Å². The third-order valence-corrected chi connectivity index (χ3v) is 5.82. The summed E-state index contributed by atoms with van der Waals surface area (Å²) in [5, 5.41) is 9.68. The molecule has 0 bridgehead atoms. The van der Waals surface area contributed by atoms with Gasteiger partial charge in [-0.1, -0.05) is 48.0 Å². The molecule has 1 heterocycles. The summed E-state index contributed by atoms with van der Waals surface area (Å²) in [5.41, 5.74) is 3.33. The van der Waals surface area contributed by atoms with Gasteiger partial charge < -0.3 is 10.0 Å². The fourth-order valence-corrected chi connectivity index (χ4v) is 4.34. The monoisotopic (exact) mass is 367 g/mol. The molecule has 0 radical (unpaired) electrons. The molecule has 0 aromatic heterocycles. The molecule has 2 aromatic rings. The van der Waals surface area contributed by atoms with Crippen molar-refractivity contribution >= 4 is 23.6 Å². The number of benzene rings is 2. The summed E-state index contributed by atoms with van der Waals surface area (Å²) in [7, 11) is 0. The molecule has 1 amide bonds. The van der Waals surface area contributed by atoms with E-state index in [4.69, 9.17) is 0 Å². The molecular weight excluding hydrogens is 346 g/mol. The summed E-state index contributed by atoms with van der Waals surface area (Å²) in [6.07, 6.45) is 0.530. The molecule has 4 nitrogen and oxygen atoms in total. The molecule has 1 aliphatic heterocycles. The van der Waals surface area contributed by atoms with Crippen LogP contribution >= 0.6 is 11.8 Å². The van der Waals surface area contributed by atoms with Crippen molar-refractivity contribution in [2.24, 2.45) is 0 Å². The zero-order valence-corrected chi connectivity index (χ0v) is 15.6. The van der Waals surface area contributed by atoms with Gasteiger partial charge in [0.05, 0.1) is 0 Å². The summed E-state index contributed by atoms with van der Waals surface area (Å²) in [6, 6.07) is 17.2. The van der Waals surface area contributed by atoms with Crippen LogP contribution in [-0.4, -0.2) is 28.4 Å². The molecule has 0 spiro atoms. The fourth-order valence-electron chi connectivity index (χ4n) is 3.09. The largest absolute Gasteiger partial charge is 0.477 e. The Hall–Kier alpha value is -2.53. The lowest BCUT2D eigenvalue weighted by Crippen LogP contribution is -2.31. The van der Waals surface area contributed by atoms with Crippen LogP contribution in [-0.2, 0) is 4.79 Å². The molecular formula is C21H21NO3S. The molecule has 0 saturated carbocycles. The van der Waals surface area contributed by atoms with E-state index < -0.39 is 5.97 Å². The van der Waals surface area contributed by atoms with Crippen LogP contribution in [0.15, 0.2) is 65.2 Å². The first kappa shape index (κ1) is 18.3. The van der Waals surface area contributed by atoms with Crippen LogP contribution in [0.4, 0.5) is 0 Å². The van der Waals surface area contributed by atoms with E-state index in [1.54, 1.807) is 17.0 Å². The van der Waals surface area contributed by atoms with Gasteiger partial charge in [-0.3, -0.25) is 4.79 Å². The van der Waals surface area contributed by atoms with Crippen molar-refractivity contribution in [1.29, 1.82) is 0 Å². The number of aliphatic carboxylic acids is 1. The zero-order valence-electron chi connectivity index (χ0n) is 14.8. The van der Waals surface area contributed by atoms with E-state index in [0.717, 1.165) is 11.1 Å². The minimum atomic E-state index is -0.974. The van der Waals surface area contributed by atoms with Crippen LogP contribution in [0.3, 0.4) is 0 Å². The molecule has 1 aliphatic rings. The fraction of sp³-hybridized carbons (Fsp3) is 0.238. The Morgan fingerprint density at radius 3 is 2.35 bits per heavy atom. The van der Waals surface area contributed by atoms with Gasteiger partial charge >= 0.3 is 5.97 Å². The molecule has 134 valence electrons. The van der Waals surface area contributed by atoms with Crippen LogP contribution in [0.2, 0.25) is 0 Å². The molecule has 26 heavy (non-hydrogen) atoms. The average molecular weight is 367 g/mol. The van der Waals surface area contributed by atoms with Crippen molar-refractivity contribution in [3.63, 3.8) is 0 Å². The highest BCUT2D eigenvalue weighted by molar-refractivity contribution is 8.04. The van der Waals surface area contributed by atoms with Crippen LogP contribution in [0, 0.1) is 6.92 Å². The third-order valence-electron chi connectivity index (χ3n) is 4.45. The minimum Gasteiger partial charge on any atom is -0.477 e. The number of nitrogens with zero attached hydrogens (tertiary/aromatic N) is 1. The second-order valence-electron chi connectivity index (χ2n) is 6.22. The quantitative estimate of drug-likeness (QED) is 0.837. The SMILES string of the molecule is CCN(C(=O)c1ccc(C)cc1)C1=C(C(=O)O)SC(c2ccccc2)C1. The van der Waals surface area contributed by atoms with Gasteiger partial charge in [-0.2, -0.15) is 0 Å². The van der Waals surface area contributed by atoms with E-state index in [-0.39, 0.29) is 16.1 Å². The van der Waals surface area contributed by atoms with Gasteiger partial charge in [0.2, 0.25) is 0 Å². The number of amides is 1. The third kappa shape index (κ3) is 3.68. The van der Waals surface area contributed by atoms with Crippen molar-refractivity contribution in [1.82, 2.24) is 4.90 Å². The van der Waals surface area contributed by atoms with Crippen LogP contribution < -0.4 is 0 Å². The van der Waals surface area contributed by atoms with Crippen LogP contribution in [0.1, 0.15) is 40.1 Å². The van der Waals surface area contributed by atoms with Gasteiger partial charge in [-0.15, -0.1) is 11.8 Å². The second kappa shape index (κ2) is 7.79. The molecule has 5 heteroatoms. The molecule has 1 atom stereocenters. The van der Waals surface area contributed by atoms with Crippen molar-refractivity contribution in [3.8, 4) is 0 Å². The molecule has 0 aliphatic carbocycles. The van der Waals surface area contributed by atoms with Crippen molar-refractivity contribution in [3.05, 3.63) is 81.9 Å². The maximum absolute atomic E-state index is 13.0. The lowest BCUT2D eigenvalue weighted by atomic mass is 10.1. The summed E-state index contributed by atoms with van der Waals surface area (Å²) >= 11 is 1.32. The number of hydrogen-bond donors (Lipinski definition) is 1. The van der Waals surface area contributed by atoms with Gasteiger partial charge in [0, 0.05) is 29.5 Å². The Labute approximate surface area is 157 Å². The minimum absolute atomic E-state index is 0.0113. The highest BCUT2D eigenvalue weighted by Gasteiger charge is 2.35. The van der Waals surface area contributed by atoms with Gasteiger partial charge in [-0.25, -0.2) is 4.79 Å². The summed E-state index contributed by atoms with van der Waals surface area (Å²) in [4.78, 5) is 26.6. The number of carbonyl (C=O) groups is 2. The number of aryl methyl sites for hydroxylation is 1. The highest BCUT2D eigenvalue weighted by atomic mass is 32.2. The maximum Gasteiger partial charge on any atom is 0.343 e. The van der Waals surface area contributed by atoms with E-state index in [2.05, 4.69) is 0 Å². The predicted molar refractivity (Wildman–Crippen MR) is 104 cm³/mol. The first-order valence-electron chi connectivity index (χ1n) is 8.57. The predicted octanol–water partition coefficient (Wildman–Crippen LogP) is 4.63. The maximum atomic E-state index is 13.0. The number of carboxylic acids is 1. The molecule has 3 rings (SSSR count). The Bertz CT molecular complexity index is 843. The van der Waals surface area contributed by atoms with E-state index in [1.165, 1.54) is 11.8 Å². The highest BCUT2D eigenvalue weighted by Crippen LogP contribution is 2.48. The lowest BCUT2D eigenvalue weighted by molar-refractivity contribution is -0.131. The average Bonchev–Trinajstić information content (AvgIpc) is 3.09. The van der Waals surface area contributed by atoms with Gasteiger partial charge in [0.25, 0.3) is 5.91 Å². The van der Waals surface area contributed by atoms with Gasteiger partial charge in [-0.05, 0) is 31.5 Å². The van der Waals surface area contributed by atoms with Crippen molar-refractivity contribution < 1.29 is 14.7 Å². The smallest absolute Gasteiger partial charge is 0.343 e. The number of allylic oxidation sites excluding steroid dienone is 1. The molecule has 0 saturated heterocycles. The number of thioether (sulfide) groups is 1. The van der Waals surface area contributed by atoms with Crippen LogP contribution in [0.25, 0.3) is 0 Å². The lowest BCUT2D eigenvalue weighted by Gasteiger charge is -2.23. The van der Waals surface area contributed by atoms with Crippen molar-refractivity contribution in [2.75, 3.05) is 6.54 Å². The topological polar surface area (TPSA) is 57.6 Å². The Morgan fingerprint density at radius 1 is 1.12 bits per heavy atom. The van der Waals surface area contributed by atoms with E-state index in [0.29, 0.717) is 24.2 Å². The van der Waals surface area contributed by atoms with E-state index in [1.807, 2.05) is 56.3 Å². The normalized spacial score (nSPS) is 16.6. The first-order chi connectivity index (χ1) is 12.5. The summed E-state index contributed by atoms with van der Waals surface area (Å²) < 4.78 is 0. The summed E-state index contributed by atoms with van der Waals surface area (Å²) in [6.45, 7) is 4.27. The molecule has 1 N–H and O–H groups in total.